The van der Waals surface area contributed by atoms with Crippen LogP contribution in [0.3, 0.4) is 0 Å². The number of carbonyl (C=O) groups excluding carboxylic acids is 2. The summed E-state index contributed by atoms with van der Waals surface area (Å²) in [5.74, 6) is -0.541. The van der Waals surface area contributed by atoms with Crippen molar-refractivity contribution in [2.45, 2.75) is 38.3 Å². The van der Waals surface area contributed by atoms with Crippen LogP contribution in [0.4, 0.5) is 0 Å². The second-order valence-electron chi connectivity index (χ2n) is 11.2. The van der Waals surface area contributed by atoms with Gasteiger partial charge in [-0.3, -0.25) is 14.8 Å². The molecule has 7 nitrogen and oxygen atoms in total. The summed E-state index contributed by atoms with van der Waals surface area (Å²) >= 11 is 0. The van der Waals surface area contributed by atoms with Crippen molar-refractivity contribution in [3.05, 3.63) is 102 Å². The fourth-order valence-corrected chi connectivity index (χ4v) is 6.35. The van der Waals surface area contributed by atoms with Gasteiger partial charge >= 0.3 is 0 Å². The fourth-order valence-electron chi connectivity index (χ4n) is 6.35. The first-order chi connectivity index (χ1) is 20.0. The molecule has 4 aromatic carbocycles. The number of likely N-dealkylation sites (tertiary alicyclic amines) is 1. The Morgan fingerprint density at radius 3 is 2.46 bits per heavy atom. The average Bonchev–Trinajstić information content (AvgIpc) is 3.55. The van der Waals surface area contributed by atoms with Gasteiger partial charge in [0.2, 0.25) is 11.8 Å². The summed E-state index contributed by atoms with van der Waals surface area (Å²) in [5.41, 5.74) is 5.11. The largest absolute Gasteiger partial charge is 0.489 e. The first-order valence-electron chi connectivity index (χ1n) is 14.2. The molecule has 1 heterocycles. The quantitative estimate of drug-likeness (QED) is 0.198. The number of hydroxylamine groups is 1. The zero-order chi connectivity index (χ0) is 28.4. The van der Waals surface area contributed by atoms with Crippen molar-refractivity contribution in [3.63, 3.8) is 0 Å². The number of fused-ring (bicyclic) bond motifs is 1. The molecule has 1 saturated heterocycles. The number of nitrogens with one attached hydrogen (secondary N) is 1. The van der Waals surface area contributed by atoms with Crippen molar-refractivity contribution in [1.82, 2.24) is 10.4 Å². The summed E-state index contributed by atoms with van der Waals surface area (Å²) < 4.78 is 6.23. The SMILES string of the molecule is O=C(NO)[C@H]1C[C@]1(Cc1ccc(OCc2cc(-c3ccccc3)cc3ccccc23)cc1)C(=O)N1CCC[C@H]1CO. The van der Waals surface area contributed by atoms with Gasteiger partial charge in [0.25, 0.3) is 0 Å². The molecule has 3 atom stereocenters. The van der Waals surface area contributed by atoms with E-state index in [1.54, 1.807) is 10.4 Å². The van der Waals surface area contributed by atoms with Crippen LogP contribution in [0.15, 0.2) is 91.0 Å². The van der Waals surface area contributed by atoms with Crippen molar-refractivity contribution >= 4 is 22.6 Å². The van der Waals surface area contributed by atoms with Crippen LogP contribution in [0.25, 0.3) is 21.9 Å². The number of hydrogen-bond donors (Lipinski definition) is 3. The number of nitrogens with zero attached hydrogens (tertiary/aromatic N) is 1. The van der Waals surface area contributed by atoms with Crippen LogP contribution in [-0.2, 0) is 22.6 Å². The Bertz CT molecular complexity index is 1550. The van der Waals surface area contributed by atoms with Crippen molar-refractivity contribution < 1.29 is 24.6 Å². The lowest BCUT2D eigenvalue weighted by atomic mass is 9.91. The first-order valence-corrected chi connectivity index (χ1v) is 14.2. The van der Waals surface area contributed by atoms with Gasteiger partial charge in [0.15, 0.2) is 0 Å². The van der Waals surface area contributed by atoms with E-state index < -0.39 is 17.2 Å². The highest BCUT2D eigenvalue weighted by molar-refractivity contribution is 5.96. The average molecular weight is 551 g/mol. The van der Waals surface area contributed by atoms with Gasteiger partial charge in [0.1, 0.15) is 12.4 Å². The van der Waals surface area contributed by atoms with Crippen LogP contribution in [0.5, 0.6) is 5.75 Å². The Morgan fingerprint density at radius 2 is 1.71 bits per heavy atom. The van der Waals surface area contributed by atoms with E-state index in [1.807, 2.05) is 54.6 Å². The number of aliphatic hydroxyl groups excluding tert-OH is 1. The van der Waals surface area contributed by atoms with Gasteiger partial charge in [0, 0.05) is 6.54 Å². The van der Waals surface area contributed by atoms with Crippen molar-refractivity contribution in [2.24, 2.45) is 11.3 Å². The van der Waals surface area contributed by atoms with Gasteiger partial charge in [-0.25, -0.2) is 5.48 Å². The Hall–Kier alpha value is -4.20. The molecule has 1 aliphatic heterocycles. The summed E-state index contributed by atoms with van der Waals surface area (Å²) in [6, 6.07) is 30.4. The molecule has 1 aliphatic carbocycles. The van der Waals surface area contributed by atoms with Crippen LogP contribution in [0.1, 0.15) is 30.4 Å². The minimum atomic E-state index is -0.913. The van der Waals surface area contributed by atoms with Gasteiger partial charge in [-0.1, -0.05) is 66.7 Å². The van der Waals surface area contributed by atoms with E-state index in [1.165, 1.54) is 0 Å². The normalized spacial score (nSPS) is 21.6. The number of hydrogen-bond acceptors (Lipinski definition) is 5. The zero-order valence-electron chi connectivity index (χ0n) is 22.8. The van der Waals surface area contributed by atoms with E-state index in [4.69, 9.17) is 4.74 Å². The monoisotopic (exact) mass is 550 g/mol. The third-order valence-electron chi connectivity index (χ3n) is 8.67. The van der Waals surface area contributed by atoms with Crippen molar-refractivity contribution in [1.29, 1.82) is 0 Å². The lowest BCUT2D eigenvalue weighted by Crippen LogP contribution is -2.44. The molecule has 41 heavy (non-hydrogen) atoms. The number of rotatable bonds is 9. The van der Waals surface area contributed by atoms with Crippen LogP contribution < -0.4 is 10.2 Å². The van der Waals surface area contributed by atoms with E-state index >= 15 is 0 Å². The predicted octanol–water partition coefficient (Wildman–Crippen LogP) is 5.12. The molecule has 2 fully saturated rings. The molecule has 2 aliphatic rings. The molecule has 7 heteroatoms. The minimum Gasteiger partial charge on any atom is -0.489 e. The number of aliphatic hydroxyl groups is 1. The molecule has 0 bridgehead atoms. The number of benzene rings is 4. The zero-order valence-corrected chi connectivity index (χ0v) is 22.8. The van der Waals surface area contributed by atoms with Crippen LogP contribution in [-0.4, -0.2) is 46.2 Å². The molecule has 6 rings (SSSR count). The maximum absolute atomic E-state index is 13.6. The summed E-state index contributed by atoms with van der Waals surface area (Å²) in [6.07, 6.45) is 2.34. The van der Waals surface area contributed by atoms with E-state index in [2.05, 4.69) is 36.4 Å². The Labute approximate surface area is 239 Å². The van der Waals surface area contributed by atoms with E-state index in [0.717, 1.165) is 45.9 Å². The minimum absolute atomic E-state index is 0.0890. The molecule has 3 N–H and O–H groups in total. The molecular weight excluding hydrogens is 516 g/mol. The molecule has 4 aromatic rings. The predicted molar refractivity (Wildman–Crippen MR) is 156 cm³/mol. The topological polar surface area (TPSA) is 99.1 Å². The highest BCUT2D eigenvalue weighted by Crippen LogP contribution is 2.56. The maximum Gasteiger partial charge on any atom is 0.247 e. The second-order valence-corrected chi connectivity index (χ2v) is 11.2. The van der Waals surface area contributed by atoms with Gasteiger partial charge in [0.05, 0.1) is 24.0 Å². The molecule has 2 amide bonds. The number of carbonyl (C=O) groups is 2. The summed E-state index contributed by atoms with van der Waals surface area (Å²) in [4.78, 5) is 27.7. The molecule has 0 aromatic heterocycles. The second kappa shape index (κ2) is 11.4. The van der Waals surface area contributed by atoms with E-state index in [9.17, 15) is 19.9 Å². The molecule has 0 spiro atoms. The third-order valence-corrected chi connectivity index (χ3v) is 8.67. The van der Waals surface area contributed by atoms with E-state index in [-0.39, 0.29) is 18.6 Å². The maximum atomic E-state index is 13.6. The summed E-state index contributed by atoms with van der Waals surface area (Å²) in [5, 5.41) is 21.3. The van der Waals surface area contributed by atoms with E-state index in [0.29, 0.717) is 31.7 Å². The molecule has 1 saturated carbocycles. The van der Waals surface area contributed by atoms with Gasteiger partial charge in [-0.2, -0.15) is 0 Å². The third kappa shape index (κ3) is 5.31. The highest BCUT2D eigenvalue weighted by Gasteiger charge is 2.64. The van der Waals surface area contributed by atoms with Gasteiger partial charge in [-0.15, -0.1) is 0 Å². The lowest BCUT2D eigenvalue weighted by molar-refractivity contribution is -0.142. The number of ether oxygens (including phenoxy) is 1. The van der Waals surface area contributed by atoms with Crippen LogP contribution >= 0.6 is 0 Å². The van der Waals surface area contributed by atoms with Gasteiger partial charge < -0.3 is 14.7 Å². The first kappa shape index (κ1) is 27.0. The number of amides is 2. The smallest absolute Gasteiger partial charge is 0.247 e. The van der Waals surface area contributed by atoms with Crippen molar-refractivity contribution in [3.8, 4) is 16.9 Å². The summed E-state index contributed by atoms with van der Waals surface area (Å²) in [7, 11) is 0. The van der Waals surface area contributed by atoms with Gasteiger partial charge in [-0.05, 0) is 83.0 Å². The summed E-state index contributed by atoms with van der Waals surface area (Å²) in [6.45, 7) is 0.889. The molecular formula is C34H34N2O5. The molecule has 210 valence electrons. The molecule has 0 unspecified atom stereocenters. The van der Waals surface area contributed by atoms with Crippen LogP contribution in [0.2, 0.25) is 0 Å². The fraction of sp³-hybridized carbons (Fsp3) is 0.294. The molecule has 0 radical (unpaired) electrons. The highest BCUT2D eigenvalue weighted by atomic mass is 16.5. The standard InChI is InChI=1S/C34H34N2O5/c37-21-28-10-6-16-36(28)33(39)34(20-31(34)32(38)35-40)19-23-12-14-29(15-13-23)41-22-27-18-26(24-7-2-1-3-8-24)17-25-9-4-5-11-30(25)27/h1-5,7-9,11-15,17-18,28,31,37,40H,6,10,16,19-22H2,(H,35,38)/t28-,31+,34-/m0/s1. The lowest BCUT2D eigenvalue weighted by Gasteiger charge is -2.28. The van der Waals surface area contributed by atoms with Crippen molar-refractivity contribution in [2.75, 3.05) is 13.2 Å². The van der Waals surface area contributed by atoms with Crippen LogP contribution in [0, 0.1) is 11.3 Å². The Morgan fingerprint density at radius 1 is 0.951 bits per heavy atom. The Balaban J connectivity index is 1.19. The Kier molecular flexibility index (Phi) is 7.47.